The number of aryl methyl sites for hydroxylation is 1. The molecule has 0 aliphatic heterocycles. The number of ether oxygens (including phenoxy) is 1. The maximum absolute atomic E-state index is 6.08. The van der Waals surface area contributed by atoms with Crippen LogP contribution in [-0.4, -0.2) is 37.7 Å². The van der Waals surface area contributed by atoms with Gasteiger partial charge in [0.05, 0.1) is 13.6 Å². The first-order valence-electron chi connectivity index (χ1n) is 20.6. The number of hydrogen-bond donors (Lipinski definition) is 0. The van der Waals surface area contributed by atoms with Gasteiger partial charge in [0.25, 0.3) is 0 Å². The average Bonchev–Trinajstić information content (AvgIpc) is 3.51. The highest BCUT2D eigenvalue weighted by molar-refractivity contribution is 8.02. The minimum Gasteiger partial charge on any atom is -0.492 e. The lowest BCUT2D eigenvalue weighted by Gasteiger charge is -2.33. The van der Waals surface area contributed by atoms with E-state index in [1.54, 1.807) is 11.0 Å². The number of hydrazone groups is 1. The highest BCUT2D eigenvalue weighted by Gasteiger charge is 2.42. The summed E-state index contributed by atoms with van der Waals surface area (Å²) in [5, 5.41) is 4.17. The third kappa shape index (κ3) is 10.4. The zero-order valence-electron chi connectivity index (χ0n) is 34.8. The molecule has 0 amide bonds. The monoisotopic (exact) mass is 804 g/mol. The lowest BCUT2D eigenvalue weighted by molar-refractivity contribution is 0.324. The van der Waals surface area contributed by atoms with E-state index in [4.69, 9.17) is 21.1 Å². The summed E-state index contributed by atoms with van der Waals surface area (Å²) in [7, 11) is 0.552. The van der Waals surface area contributed by atoms with Crippen LogP contribution >= 0.6 is 7.07 Å². The molecule has 0 radical (unpaired) electrons. The Kier molecular flexibility index (Phi) is 14.8. The van der Waals surface area contributed by atoms with Crippen LogP contribution in [0.1, 0.15) is 105 Å². The normalized spacial score (nSPS) is 12.4. The van der Waals surface area contributed by atoms with Gasteiger partial charge in [0.2, 0.25) is 11.8 Å². The number of nitrogens with zero attached hydrogens (tertiary/aromatic N) is 3. The molecule has 0 saturated carbocycles. The molecule has 5 aromatic rings. The molecule has 0 bridgehead atoms. The maximum atomic E-state index is 6.08. The van der Waals surface area contributed by atoms with E-state index in [1.807, 2.05) is 38.2 Å². The zero-order chi connectivity index (χ0) is 40.9. The van der Waals surface area contributed by atoms with E-state index in [9.17, 15) is 0 Å². The van der Waals surface area contributed by atoms with Gasteiger partial charge in [-0.1, -0.05) is 97.8 Å². The molecule has 0 saturated heterocycles. The van der Waals surface area contributed by atoms with Crippen LogP contribution < -0.4 is 14.2 Å². The predicted molar refractivity (Wildman–Crippen MR) is 248 cm³/mol. The topological polar surface area (TPSA) is 37.3 Å². The molecule has 7 heteroatoms. The lowest BCUT2D eigenvalue weighted by Crippen LogP contribution is -2.28. The van der Waals surface area contributed by atoms with E-state index in [1.165, 1.54) is 53.5 Å². The van der Waals surface area contributed by atoms with E-state index < -0.39 is 7.07 Å². The Morgan fingerprint density at radius 1 is 0.690 bits per heavy atom. The van der Waals surface area contributed by atoms with Gasteiger partial charge < -0.3 is 9.64 Å². The summed E-state index contributed by atoms with van der Waals surface area (Å²) in [5.41, 5.74) is 12.1. The molecule has 5 aromatic carbocycles. The summed E-state index contributed by atoms with van der Waals surface area (Å²) in [6, 6.07) is 38.4. The van der Waals surface area contributed by atoms with Crippen LogP contribution in [0.15, 0.2) is 114 Å². The summed E-state index contributed by atoms with van der Waals surface area (Å²) in [6.45, 7) is 12.9. The van der Waals surface area contributed by atoms with Crippen LogP contribution in [0.3, 0.4) is 0 Å². The number of anilines is 1. The number of benzene rings is 5. The number of likely N-dealkylation sites (N-methyl/N-ethyl adjacent to an activating group) is 1. The third-order valence-corrected chi connectivity index (χ3v) is 12.7. The van der Waals surface area contributed by atoms with Crippen molar-refractivity contribution in [3.05, 3.63) is 148 Å². The SMILES string of the molecule is C/C=N/N(C)[P+](=S)Oc1ccc(OCCN(CC)c2ccc(C#Cc3ccc4c(c3)C(CCCC)(CCCC)c3cc(C#Cc5ccc(C)cc5)ccc3-4)cc2)cc1. The number of fused-ring (bicyclic) bond motifs is 3. The Labute approximate surface area is 353 Å². The molecule has 1 unspecified atom stereocenters. The summed E-state index contributed by atoms with van der Waals surface area (Å²) in [5.74, 6) is 15.4. The van der Waals surface area contributed by atoms with Crippen molar-refractivity contribution in [2.75, 3.05) is 31.6 Å². The van der Waals surface area contributed by atoms with Crippen molar-refractivity contribution in [2.45, 2.75) is 78.6 Å². The minimum absolute atomic E-state index is 0.0422. The molecule has 1 aliphatic carbocycles. The van der Waals surface area contributed by atoms with Crippen LogP contribution in [0.2, 0.25) is 0 Å². The second kappa shape index (κ2) is 20.3. The van der Waals surface area contributed by atoms with Gasteiger partial charge in [-0.2, -0.15) is 0 Å². The van der Waals surface area contributed by atoms with Crippen molar-refractivity contribution in [2.24, 2.45) is 5.10 Å². The predicted octanol–water partition coefficient (Wildman–Crippen LogP) is 12.4. The Bertz CT molecular complexity index is 2320. The largest absolute Gasteiger partial charge is 0.540 e. The molecule has 0 spiro atoms. The van der Waals surface area contributed by atoms with Crippen molar-refractivity contribution < 1.29 is 9.26 Å². The summed E-state index contributed by atoms with van der Waals surface area (Å²) < 4.78 is 13.6. The number of unbranched alkanes of at least 4 members (excludes halogenated alkanes) is 2. The first-order chi connectivity index (χ1) is 28.3. The number of hydrogen-bond acceptors (Lipinski definition) is 5. The molecule has 5 nitrogen and oxygen atoms in total. The van der Waals surface area contributed by atoms with Crippen molar-refractivity contribution in [1.29, 1.82) is 0 Å². The molecule has 58 heavy (non-hydrogen) atoms. The van der Waals surface area contributed by atoms with Gasteiger partial charge in [-0.05, 0) is 141 Å². The molecule has 0 N–H and O–H groups in total. The van der Waals surface area contributed by atoms with Crippen molar-refractivity contribution in [3.63, 3.8) is 0 Å². The summed E-state index contributed by atoms with van der Waals surface area (Å²) >= 11 is 5.43. The van der Waals surface area contributed by atoms with Crippen molar-refractivity contribution in [3.8, 4) is 46.3 Å². The van der Waals surface area contributed by atoms with Crippen LogP contribution in [0, 0.1) is 30.6 Å². The molecule has 6 rings (SSSR count). The summed E-state index contributed by atoms with van der Waals surface area (Å²) in [6.07, 6.45) is 8.64. The van der Waals surface area contributed by atoms with E-state index in [2.05, 4.69) is 146 Å². The molecule has 0 heterocycles. The van der Waals surface area contributed by atoms with Gasteiger partial charge in [-0.25, -0.2) is 0 Å². The Balaban J connectivity index is 1.15. The van der Waals surface area contributed by atoms with Gasteiger partial charge in [0.15, 0.2) is 5.75 Å². The quantitative estimate of drug-likeness (QED) is 0.0430. The second-order valence-electron chi connectivity index (χ2n) is 14.8. The highest BCUT2D eigenvalue weighted by Crippen LogP contribution is 2.54. The number of rotatable bonds is 16. The Morgan fingerprint density at radius 3 is 1.71 bits per heavy atom. The summed E-state index contributed by atoms with van der Waals surface area (Å²) in [4.78, 5) is 2.31. The standard InChI is InChI=1S/C51H55N3O2PS/c1-7-11-33-51(34-12-8-2)49-37-42(19-17-40-15-13-39(5)14-16-40)23-31-47(49)48-32-24-43(38-50(48)51)20-18-41-21-25-44(26-22-41)54(10-4)35-36-55-45-27-29-46(30-28-45)56-57(58)53(6)52-9-3/h9,13-16,21-32,37-38H,7-8,10-12,33-36H2,1-6H3/q+1/b52-9+. The van der Waals surface area contributed by atoms with Crippen LogP contribution in [-0.2, 0) is 17.2 Å². The fraction of sp³-hybridized carbons (Fsp3) is 0.314. The van der Waals surface area contributed by atoms with Crippen LogP contribution in [0.5, 0.6) is 11.5 Å². The second-order valence-corrected chi connectivity index (χ2v) is 17.0. The zero-order valence-corrected chi connectivity index (χ0v) is 36.6. The van der Waals surface area contributed by atoms with Crippen LogP contribution in [0.4, 0.5) is 5.69 Å². The molecular weight excluding hydrogens is 750 g/mol. The van der Waals surface area contributed by atoms with Crippen LogP contribution in [0.25, 0.3) is 11.1 Å². The van der Waals surface area contributed by atoms with E-state index in [0.29, 0.717) is 12.4 Å². The molecule has 296 valence electrons. The first-order valence-corrected chi connectivity index (χ1v) is 22.8. The third-order valence-electron chi connectivity index (χ3n) is 10.8. The van der Waals surface area contributed by atoms with Crippen molar-refractivity contribution in [1.82, 2.24) is 4.78 Å². The van der Waals surface area contributed by atoms with Gasteiger partial charge in [0, 0.05) is 46.1 Å². The maximum Gasteiger partial charge on any atom is 0.540 e. The van der Waals surface area contributed by atoms with Crippen molar-refractivity contribution >= 4 is 30.8 Å². The molecule has 1 aliphatic rings. The van der Waals surface area contributed by atoms with Gasteiger partial charge >= 0.3 is 7.07 Å². The Morgan fingerprint density at radius 2 is 1.19 bits per heavy atom. The molecule has 0 fully saturated rings. The van der Waals surface area contributed by atoms with Gasteiger partial charge in [0.1, 0.15) is 12.4 Å². The fourth-order valence-electron chi connectivity index (χ4n) is 7.65. The van der Waals surface area contributed by atoms with E-state index in [0.717, 1.165) is 59.6 Å². The van der Waals surface area contributed by atoms with Gasteiger partial charge in [-0.15, -0.1) is 5.10 Å². The average molecular weight is 805 g/mol. The van der Waals surface area contributed by atoms with E-state index >= 15 is 0 Å². The lowest BCUT2D eigenvalue weighted by atomic mass is 9.70. The highest BCUT2D eigenvalue weighted by atomic mass is 32.4. The first kappa shape index (κ1) is 42.2. The molecular formula is C51H55N3O2PS+. The van der Waals surface area contributed by atoms with Gasteiger partial charge in [-0.3, -0.25) is 4.52 Å². The smallest absolute Gasteiger partial charge is 0.492 e. The minimum atomic E-state index is -1.26. The fourth-order valence-corrected chi connectivity index (χ4v) is 8.64. The Hall–Kier alpha value is -5.39. The molecule has 1 atom stereocenters. The van der Waals surface area contributed by atoms with E-state index in [-0.39, 0.29) is 5.41 Å². The molecule has 0 aromatic heterocycles.